The van der Waals surface area contributed by atoms with E-state index in [2.05, 4.69) is 23.7 Å². The second-order valence-electron chi connectivity index (χ2n) is 5.02. The molecular formula is C13H21N3. The van der Waals surface area contributed by atoms with Gasteiger partial charge in [-0.3, -0.25) is 0 Å². The van der Waals surface area contributed by atoms with E-state index in [-0.39, 0.29) is 0 Å². The SMILES string of the molecule is CC(C)C1CCN(c2cc(N)ccn2)CC1. The lowest BCUT2D eigenvalue weighted by Crippen LogP contribution is -2.35. The Hall–Kier alpha value is -1.25. The maximum Gasteiger partial charge on any atom is 0.130 e. The van der Waals surface area contributed by atoms with Crippen molar-refractivity contribution in [3.05, 3.63) is 18.3 Å². The molecule has 0 aromatic carbocycles. The van der Waals surface area contributed by atoms with Crippen molar-refractivity contribution in [3.8, 4) is 0 Å². The van der Waals surface area contributed by atoms with Crippen LogP contribution in [0, 0.1) is 11.8 Å². The molecule has 1 aromatic heterocycles. The van der Waals surface area contributed by atoms with E-state index in [1.807, 2.05) is 12.1 Å². The Morgan fingerprint density at radius 1 is 1.38 bits per heavy atom. The fraction of sp³-hybridized carbons (Fsp3) is 0.615. The monoisotopic (exact) mass is 219 g/mol. The predicted octanol–water partition coefficient (Wildman–Crippen LogP) is 2.54. The molecule has 1 fully saturated rings. The van der Waals surface area contributed by atoms with Gasteiger partial charge < -0.3 is 10.6 Å². The molecule has 2 heterocycles. The van der Waals surface area contributed by atoms with E-state index in [0.29, 0.717) is 0 Å². The van der Waals surface area contributed by atoms with Crippen LogP contribution in [0.5, 0.6) is 0 Å². The molecule has 2 N–H and O–H groups in total. The molecular weight excluding hydrogens is 198 g/mol. The van der Waals surface area contributed by atoms with Gasteiger partial charge in [-0.15, -0.1) is 0 Å². The molecule has 16 heavy (non-hydrogen) atoms. The molecule has 0 unspecified atom stereocenters. The van der Waals surface area contributed by atoms with E-state index in [4.69, 9.17) is 5.73 Å². The van der Waals surface area contributed by atoms with Crippen LogP contribution in [0.25, 0.3) is 0 Å². The second-order valence-corrected chi connectivity index (χ2v) is 5.02. The summed E-state index contributed by atoms with van der Waals surface area (Å²) in [6, 6.07) is 3.81. The Bertz CT molecular complexity index is 341. The minimum absolute atomic E-state index is 0.802. The van der Waals surface area contributed by atoms with Gasteiger partial charge in [-0.2, -0.15) is 0 Å². The van der Waals surface area contributed by atoms with Crippen molar-refractivity contribution in [2.75, 3.05) is 23.7 Å². The molecule has 0 bridgehead atoms. The van der Waals surface area contributed by atoms with Gasteiger partial charge in [0.15, 0.2) is 0 Å². The molecule has 1 saturated heterocycles. The lowest BCUT2D eigenvalue weighted by molar-refractivity contribution is 0.311. The number of pyridine rings is 1. The number of rotatable bonds is 2. The highest BCUT2D eigenvalue weighted by atomic mass is 15.2. The first-order valence-electron chi connectivity index (χ1n) is 6.13. The van der Waals surface area contributed by atoms with Crippen LogP contribution < -0.4 is 10.6 Å². The van der Waals surface area contributed by atoms with Crippen molar-refractivity contribution >= 4 is 11.5 Å². The quantitative estimate of drug-likeness (QED) is 0.831. The molecule has 0 radical (unpaired) electrons. The number of nitrogen functional groups attached to an aromatic ring is 1. The molecule has 2 rings (SSSR count). The van der Waals surface area contributed by atoms with Crippen molar-refractivity contribution in [1.29, 1.82) is 0 Å². The number of anilines is 2. The van der Waals surface area contributed by atoms with Gasteiger partial charge in [0.25, 0.3) is 0 Å². The first kappa shape index (κ1) is 11.2. The normalized spacial score (nSPS) is 18.1. The molecule has 3 nitrogen and oxygen atoms in total. The second kappa shape index (κ2) is 4.73. The van der Waals surface area contributed by atoms with Gasteiger partial charge in [-0.25, -0.2) is 4.98 Å². The maximum atomic E-state index is 5.77. The summed E-state index contributed by atoms with van der Waals surface area (Å²) in [6.07, 6.45) is 4.33. The summed E-state index contributed by atoms with van der Waals surface area (Å²) in [5.74, 6) is 2.70. The highest BCUT2D eigenvalue weighted by Gasteiger charge is 2.22. The van der Waals surface area contributed by atoms with Gasteiger partial charge in [0, 0.05) is 31.0 Å². The lowest BCUT2D eigenvalue weighted by atomic mass is 9.87. The van der Waals surface area contributed by atoms with Gasteiger partial charge in [0.1, 0.15) is 5.82 Å². The van der Waals surface area contributed by atoms with Crippen molar-refractivity contribution in [1.82, 2.24) is 4.98 Å². The first-order valence-corrected chi connectivity index (χ1v) is 6.13. The third kappa shape index (κ3) is 2.46. The van der Waals surface area contributed by atoms with Crippen LogP contribution in [0.15, 0.2) is 18.3 Å². The van der Waals surface area contributed by atoms with Crippen molar-refractivity contribution in [2.24, 2.45) is 11.8 Å². The van der Waals surface area contributed by atoms with E-state index in [9.17, 15) is 0 Å². The zero-order valence-corrected chi connectivity index (χ0v) is 10.2. The van der Waals surface area contributed by atoms with Crippen LogP contribution in [0.4, 0.5) is 11.5 Å². The highest BCUT2D eigenvalue weighted by molar-refractivity contribution is 5.50. The summed E-state index contributed by atoms with van der Waals surface area (Å²) in [6.45, 7) is 6.86. The molecule has 88 valence electrons. The molecule has 0 aliphatic carbocycles. The number of hydrogen-bond acceptors (Lipinski definition) is 3. The van der Waals surface area contributed by atoms with Crippen molar-refractivity contribution < 1.29 is 0 Å². The summed E-state index contributed by atoms with van der Waals surface area (Å²) in [7, 11) is 0. The molecule has 1 aliphatic rings. The van der Waals surface area contributed by atoms with Crippen LogP contribution in [-0.4, -0.2) is 18.1 Å². The predicted molar refractivity (Wildman–Crippen MR) is 68.4 cm³/mol. The van der Waals surface area contributed by atoms with Crippen molar-refractivity contribution in [3.63, 3.8) is 0 Å². The molecule has 0 atom stereocenters. The minimum atomic E-state index is 0.802. The first-order chi connectivity index (χ1) is 7.66. The highest BCUT2D eigenvalue weighted by Crippen LogP contribution is 2.27. The Morgan fingerprint density at radius 2 is 2.06 bits per heavy atom. The lowest BCUT2D eigenvalue weighted by Gasteiger charge is -2.34. The van der Waals surface area contributed by atoms with Crippen molar-refractivity contribution in [2.45, 2.75) is 26.7 Å². The number of aromatic nitrogens is 1. The van der Waals surface area contributed by atoms with Crippen LogP contribution in [-0.2, 0) is 0 Å². The van der Waals surface area contributed by atoms with E-state index in [1.54, 1.807) is 6.20 Å². The van der Waals surface area contributed by atoms with Gasteiger partial charge in [-0.05, 0) is 30.7 Å². The maximum absolute atomic E-state index is 5.77. The molecule has 1 aromatic rings. The topological polar surface area (TPSA) is 42.1 Å². The number of hydrogen-bond donors (Lipinski definition) is 1. The minimum Gasteiger partial charge on any atom is -0.399 e. The fourth-order valence-corrected chi connectivity index (χ4v) is 2.40. The van der Waals surface area contributed by atoms with Crippen LogP contribution >= 0.6 is 0 Å². The summed E-state index contributed by atoms with van der Waals surface area (Å²) in [5, 5.41) is 0. The largest absolute Gasteiger partial charge is 0.399 e. The van der Waals surface area contributed by atoms with Gasteiger partial charge >= 0.3 is 0 Å². The number of nitrogens with zero attached hydrogens (tertiary/aromatic N) is 2. The summed E-state index contributed by atoms with van der Waals surface area (Å²) >= 11 is 0. The summed E-state index contributed by atoms with van der Waals surface area (Å²) in [5.41, 5.74) is 6.58. The standard InChI is InChI=1S/C13H21N3/c1-10(2)11-4-7-16(8-5-11)13-9-12(14)3-6-15-13/h3,6,9-11H,4-5,7-8H2,1-2H3,(H2,14,15). The van der Waals surface area contributed by atoms with E-state index in [1.165, 1.54) is 12.8 Å². The molecule has 0 spiro atoms. The average Bonchev–Trinajstić information content (AvgIpc) is 2.29. The van der Waals surface area contributed by atoms with E-state index in [0.717, 1.165) is 36.4 Å². The molecule has 0 amide bonds. The molecule has 1 aliphatic heterocycles. The van der Waals surface area contributed by atoms with Crippen LogP contribution in [0.1, 0.15) is 26.7 Å². The third-order valence-electron chi connectivity index (χ3n) is 3.58. The zero-order valence-electron chi connectivity index (χ0n) is 10.2. The Morgan fingerprint density at radius 3 is 2.62 bits per heavy atom. The average molecular weight is 219 g/mol. The van der Waals surface area contributed by atoms with E-state index >= 15 is 0 Å². The Balaban J connectivity index is 1.99. The Kier molecular flexibility index (Phi) is 3.32. The fourth-order valence-electron chi connectivity index (χ4n) is 2.40. The number of piperidine rings is 1. The van der Waals surface area contributed by atoms with E-state index < -0.39 is 0 Å². The van der Waals surface area contributed by atoms with Gasteiger partial charge in [-0.1, -0.05) is 13.8 Å². The van der Waals surface area contributed by atoms with Gasteiger partial charge in [0.05, 0.1) is 0 Å². The Labute approximate surface area is 97.7 Å². The smallest absolute Gasteiger partial charge is 0.130 e. The summed E-state index contributed by atoms with van der Waals surface area (Å²) in [4.78, 5) is 6.72. The van der Waals surface area contributed by atoms with Crippen LogP contribution in [0.2, 0.25) is 0 Å². The zero-order chi connectivity index (χ0) is 11.5. The summed E-state index contributed by atoms with van der Waals surface area (Å²) < 4.78 is 0. The molecule has 3 heteroatoms. The van der Waals surface area contributed by atoms with Gasteiger partial charge in [0.2, 0.25) is 0 Å². The third-order valence-corrected chi connectivity index (χ3v) is 3.58. The molecule has 0 saturated carbocycles. The number of nitrogens with two attached hydrogens (primary N) is 1. The van der Waals surface area contributed by atoms with Crippen LogP contribution in [0.3, 0.4) is 0 Å².